The lowest BCUT2D eigenvalue weighted by atomic mass is 9.98. The average Bonchev–Trinajstić information content (AvgIpc) is 2.70. The molecule has 5 nitrogen and oxygen atoms in total. The first-order valence-electron chi connectivity index (χ1n) is 8.88. The van der Waals surface area contributed by atoms with E-state index in [1.807, 2.05) is 36.4 Å². The van der Waals surface area contributed by atoms with Crippen molar-refractivity contribution >= 4 is 29.9 Å². The molecule has 0 spiro atoms. The van der Waals surface area contributed by atoms with Gasteiger partial charge in [0, 0.05) is 25.7 Å². The lowest BCUT2D eigenvalue weighted by molar-refractivity contribution is 0.409. The molecule has 0 radical (unpaired) electrons. The summed E-state index contributed by atoms with van der Waals surface area (Å²) < 4.78 is 10.6. The van der Waals surface area contributed by atoms with Crippen molar-refractivity contribution in [3.63, 3.8) is 0 Å². The highest BCUT2D eigenvalue weighted by Crippen LogP contribution is 2.21. The molecule has 0 fully saturated rings. The van der Waals surface area contributed by atoms with Crippen molar-refractivity contribution in [2.24, 2.45) is 4.99 Å². The minimum Gasteiger partial charge on any atom is -0.497 e. The van der Waals surface area contributed by atoms with E-state index in [1.54, 1.807) is 21.3 Å². The van der Waals surface area contributed by atoms with Crippen LogP contribution in [0.3, 0.4) is 0 Å². The number of hydrogen-bond donors (Lipinski definition) is 2. The van der Waals surface area contributed by atoms with Gasteiger partial charge in [0.2, 0.25) is 0 Å². The number of aliphatic imine (C=N–C) groups is 1. The van der Waals surface area contributed by atoms with Crippen LogP contribution >= 0.6 is 24.0 Å². The largest absolute Gasteiger partial charge is 0.497 e. The molecule has 6 heteroatoms. The Bertz CT molecular complexity index is 705. The van der Waals surface area contributed by atoms with E-state index in [9.17, 15) is 0 Å². The maximum atomic E-state index is 5.38. The van der Waals surface area contributed by atoms with Gasteiger partial charge in [-0.25, -0.2) is 0 Å². The summed E-state index contributed by atoms with van der Waals surface area (Å²) in [5, 5.41) is 6.71. The number of hydrogen-bond acceptors (Lipinski definition) is 3. The van der Waals surface area contributed by atoms with E-state index < -0.39 is 0 Å². The number of guanidine groups is 1. The third kappa shape index (κ3) is 7.28. The molecule has 0 aliphatic carbocycles. The molecule has 0 aliphatic rings. The Balaban J connectivity index is 0.00000364. The number of halogens is 1. The van der Waals surface area contributed by atoms with Gasteiger partial charge in [0.1, 0.15) is 11.5 Å². The summed E-state index contributed by atoms with van der Waals surface area (Å²) in [4.78, 5) is 4.29. The molecule has 1 unspecified atom stereocenters. The van der Waals surface area contributed by atoms with Crippen molar-refractivity contribution in [2.75, 3.05) is 27.8 Å². The predicted molar refractivity (Wildman–Crippen MR) is 123 cm³/mol. The Morgan fingerprint density at radius 3 is 2.33 bits per heavy atom. The van der Waals surface area contributed by atoms with Gasteiger partial charge in [-0.3, -0.25) is 4.99 Å². The van der Waals surface area contributed by atoms with Crippen molar-refractivity contribution < 1.29 is 9.47 Å². The van der Waals surface area contributed by atoms with Gasteiger partial charge in [-0.1, -0.05) is 37.3 Å². The van der Waals surface area contributed by atoms with E-state index in [1.165, 1.54) is 5.56 Å². The van der Waals surface area contributed by atoms with Crippen LogP contribution in [0.2, 0.25) is 0 Å². The van der Waals surface area contributed by atoms with Crippen LogP contribution < -0.4 is 20.1 Å². The third-order valence-electron chi connectivity index (χ3n) is 4.42. The van der Waals surface area contributed by atoms with E-state index in [0.717, 1.165) is 36.0 Å². The Hall–Kier alpha value is -1.96. The van der Waals surface area contributed by atoms with Crippen molar-refractivity contribution in [1.29, 1.82) is 0 Å². The van der Waals surface area contributed by atoms with E-state index >= 15 is 0 Å². The SMILES string of the molecule is CN=C(NCCC(C)c1ccc(OC)cc1)NCc1ccccc1OC.I. The lowest BCUT2D eigenvalue weighted by Gasteiger charge is -2.16. The standard InChI is InChI=1S/C21H29N3O2.HI/c1-16(17-9-11-19(25-3)12-10-17)13-14-23-21(22-2)24-15-18-7-5-6-8-20(18)26-4;/h5-12,16H,13-15H2,1-4H3,(H2,22,23,24);1H. The maximum absolute atomic E-state index is 5.38. The van der Waals surface area contributed by atoms with Crippen LogP contribution in [0.5, 0.6) is 11.5 Å². The molecular weight excluding hydrogens is 453 g/mol. The Morgan fingerprint density at radius 2 is 1.70 bits per heavy atom. The second-order valence-corrected chi connectivity index (χ2v) is 6.13. The molecule has 0 saturated carbocycles. The van der Waals surface area contributed by atoms with Crippen molar-refractivity contribution in [1.82, 2.24) is 10.6 Å². The smallest absolute Gasteiger partial charge is 0.191 e. The van der Waals surface area contributed by atoms with Gasteiger partial charge in [0.05, 0.1) is 14.2 Å². The normalized spacial score (nSPS) is 11.9. The monoisotopic (exact) mass is 483 g/mol. The molecule has 1 atom stereocenters. The van der Waals surface area contributed by atoms with E-state index in [0.29, 0.717) is 12.5 Å². The summed E-state index contributed by atoms with van der Waals surface area (Å²) in [6, 6.07) is 16.2. The molecule has 0 amide bonds. The number of methoxy groups -OCH3 is 2. The van der Waals surface area contributed by atoms with Crippen LogP contribution in [-0.2, 0) is 6.54 Å². The maximum Gasteiger partial charge on any atom is 0.191 e. The summed E-state index contributed by atoms with van der Waals surface area (Å²) in [7, 11) is 5.16. The zero-order valence-electron chi connectivity index (χ0n) is 16.5. The van der Waals surface area contributed by atoms with Gasteiger partial charge in [-0.05, 0) is 36.1 Å². The van der Waals surface area contributed by atoms with E-state index in [-0.39, 0.29) is 24.0 Å². The summed E-state index contributed by atoms with van der Waals surface area (Å²) in [5.41, 5.74) is 2.41. The quantitative estimate of drug-likeness (QED) is 0.336. The van der Waals surface area contributed by atoms with Crippen LogP contribution in [0.4, 0.5) is 0 Å². The van der Waals surface area contributed by atoms with Crippen molar-refractivity contribution in [3.8, 4) is 11.5 Å². The fourth-order valence-electron chi connectivity index (χ4n) is 2.75. The summed E-state index contributed by atoms with van der Waals surface area (Å²) in [6.45, 7) is 3.74. The highest BCUT2D eigenvalue weighted by atomic mass is 127. The van der Waals surface area contributed by atoms with Gasteiger partial charge >= 0.3 is 0 Å². The van der Waals surface area contributed by atoms with Crippen molar-refractivity contribution in [3.05, 3.63) is 59.7 Å². The van der Waals surface area contributed by atoms with Crippen LogP contribution in [0.1, 0.15) is 30.4 Å². The molecule has 0 aromatic heterocycles. The fraction of sp³-hybridized carbons (Fsp3) is 0.381. The summed E-state index contributed by atoms with van der Waals surface area (Å²) in [6.07, 6.45) is 1.02. The van der Waals surface area contributed by atoms with Crippen LogP contribution in [0, 0.1) is 0 Å². The van der Waals surface area contributed by atoms with Gasteiger partial charge < -0.3 is 20.1 Å². The Labute approximate surface area is 179 Å². The first kappa shape index (κ1) is 23.1. The number of nitrogens with zero attached hydrogens (tertiary/aromatic N) is 1. The molecule has 2 aromatic rings. The first-order chi connectivity index (χ1) is 12.7. The molecule has 0 bridgehead atoms. The molecule has 2 rings (SSSR count). The highest BCUT2D eigenvalue weighted by molar-refractivity contribution is 14.0. The van der Waals surface area contributed by atoms with Gasteiger partial charge in [-0.2, -0.15) is 0 Å². The molecule has 0 saturated heterocycles. The van der Waals surface area contributed by atoms with Crippen LogP contribution in [-0.4, -0.2) is 33.8 Å². The second kappa shape index (κ2) is 12.4. The molecular formula is C21H30IN3O2. The van der Waals surface area contributed by atoms with Gasteiger partial charge in [-0.15, -0.1) is 24.0 Å². The zero-order chi connectivity index (χ0) is 18.8. The zero-order valence-corrected chi connectivity index (χ0v) is 18.8. The Kier molecular flexibility index (Phi) is 10.6. The topological polar surface area (TPSA) is 54.9 Å². The molecule has 2 aromatic carbocycles. The van der Waals surface area contributed by atoms with Gasteiger partial charge in [0.25, 0.3) is 0 Å². The number of para-hydroxylation sites is 1. The molecule has 148 valence electrons. The number of benzene rings is 2. The van der Waals surface area contributed by atoms with Crippen molar-refractivity contribution in [2.45, 2.75) is 25.8 Å². The minimum atomic E-state index is 0. The van der Waals surface area contributed by atoms with E-state index in [2.05, 4.69) is 34.7 Å². The minimum absolute atomic E-state index is 0. The fourth-order valence-corrected chi connectivity index (χ4v) is 2.75. The number of nitrogens with one attached hydrogen (secondary N) is 2. The molecule has 0 aliphatic heterocycles. The number of ether oxygens (including phenoxy) is 2. The second-order valence-electron chi connectivity index (χ2n) is 6.13. The summed E-state index contributed by atoms with van der Waals surface area (Å²) >= 11 is 0. The lowest BCUT2D eigenvalue weighted by Crippen LogP contribution is -2.37. The molecule has 2 N–H and O–H groups in total. The molecule has 0 heterocycles. The molecule has 27 heavy (non-hydrogen) atoms. The average molecular weight is 483 g/mol. The Morgan fingerprint density at radius 1 is 1.00 bits per heavy atom. The van der Waals surface area contributed by atoms with Gasteiger partial charge in [0.15, 0.2) is 5.96 Å². The van der Waals surface area contributed by atoms with E-state index in [4.69, 9.17) is 9.47 Å². The highest BCUT2D eigenvalue weighted by Gasteiger charge is 2.07. The third-order valence-corrected chi connectivity index (χ3v) is 4.42. The van der Waals surface area contributed by atoms with Crippen LogP contribution in [0.25, 0.3) is 0 Å². The summed E-state index contributed by atoms with van der Waals surface area (Å²) in [5.74, 6) is 3.02. The number of rotatable bonds is 8. The predicted octanol–water partition coefficient (Wildman–Crippen LogP) is 4.18. The first-order valence-corrected chi connectivity index (χ1v) is 8.88. The van der Waals surface area contributed by atoms with Crippen LogP contribution in [0.15, 0.2) is 53.5 Å².